The van der Waals surface area contributed by atoms with Gasteiger partial charge in [0.2, 0.25) is 5.91 Å². The predicted octanol–water partition coefficient (Wildman–Crippen LogP) is 0.252. The van der Waals surface area contributed by atoms with Crippen LogP contribution < -0.4 is 11.1 Å². The van der Waals surface area contributed by atoms with Crippen LogP contribution in [0, 0.1) is 18.3 Å². The van der Waals surface area contributed by atoms with E-state index in [1.807, 2.05) is 0 Å². The molecule has 3 N–H and O–H groups in total. The van der Waals surface area contributed by atoms with Gasteiger partial charge in [0.1, 0.15) is 0 Å². The lowest BCUT2D eigenvalue weighted by molar-refractivity contribution is -0.121. The summed E-state index contributed by atoms with van der Waals surface area (Å²) in [5.74, 6) is 2.97. The Morgan fingerprint density at radius 1 is 1.77 bits per heavy atom. The predicted molar refractivity (Wildman–Crippen MR) is 51.8 cm³/mol. The Hall–Kier alpha value is -1.01. The summed E-state index contributed by atoms with van der Waals surface area (Å²) in [7, 11) is 0. The van der Waals surface area contributed by atoms with Gasteiger partial charge < -0.3 is 11.1 Å². The van der Waals surface area contributed by atoms with Crippen LogP contribution in [0.4, 0.5) is 0 Å². The number of rotatable bonds is 4. The van der Waals surface area contributed by atoms with Gasteiger partial charge in [0, 0.05) is 12.5 Å². The summed E-state index contributed by atoms with van der Waals surface area (Å²) in [6.45, 7) is 1.78. The summed E-state index contributed by atoms with van der Waals surface area (Å²) in [5.41, 5.74) is 5.78. The van der Waals surface area contributed by atoms with Gasteiger partial charge in [0.25, 0.3) is 0 Å². The third-order valence-corrected chi connectivity index (χ3v) is 2.28. The number of nitrogens with one attached hydrogen (secondary N) is 1. The third-order valence-electron chi connectivity index (χ3n) is 2.28. The Morgan fingerprint density at radius 3 is 2.85 bits per heavy atom. The molecule has 0 aromatic heterocycles. The van der Waals surface area contributed by atoms with E-state index < -0.39 is 0 Å². The van der Waals surface area contributed by atoms with Crippen LogP contribution in [0.3, 0.4) is 0 Å². The molecule has 0 aromatic carbocycles. The van der Waals surface area contributed by atoms with Crippen molar-refractivity contribution in [1.82, 2.24) is 5.32 Å². The monoisotopic (exact) mass is 180 g/mol. The Morgan fingerprint density at radius 2 is 2.38 bits per heavy atom. The molecule has 1 rings (SSSR count). The van der Waals surface area contributed by atoms with Crippen molar-refractivity contribution in [2.24, 2.45) is 11.7 Å². The Balaban J connectivity index is 2.20. The van der Waals surface area contributed by atoms with Crippen LogP contribution in [-0.2, 0) is 4.79 Å². The lowest BCUT2D eigenvalue weighted by Gasteiger charge is -2.11. The number of hydrogen-bond acceptors (Lipinski definition) is 2. The molecule has 3 nitrogen and oxygen atoms in total. The van der Waals surface area contributed by atoms with E-state index in [-0.39, 0.29) is 18.0 Å². The van der Waals surface area contributed by atoms with Gasteiger partial charge in [-0.2, -0.15) is 0 Å². The molecule has 2 unspecified atom stereocenters. The van der Waals surface area contributed by atoms with Crippen molar-refractivity contribution >= 4 is 5.91 Å². The molecule has 0 bridgehead atoms. The van der Waals surface area contributed by atoms with Crippen LogP contribution >= 0.6 is 0 Å². The first kappa shape index (κ1) is 10.1. The van der Waals surface area contributed by atoms with E-state index in [0.717, 1.165) is 0 Å². The van der Waals surface area contributed by atoms with Gasteiger partial charge in [0.05, 0.1) is 6.04 Å². The van der Waals surface area contributed by atoms with Crippen molar-refractivity contribution in [2.75, 3.05) is 0 Å². The molecule has 1 amide bonds. The minimum atomic E-state index is -0.195. The molecular weight excluding hydrogens is 164 g/mol. The molecule has 0 aromatic rings. The lowest BCUT2D eigenvalue weighted by atomic mass is 10.1. The SMILES string of the molecule is C#CC(C)NC(=O)CC(N)C1CC1. The van der Waals surface area contributed by atoms with Crippen LogP contribution in [0.25, 0.3) is 0 Å². The van der Waals surface area contributed by atoms with Crippen LogP contribution in [0.1, 0.15) is 26.2 Å². The van der Waals surface area contributed by atoms with Crippen molar-refractivity contribution in [1.29, 1.82) is 0 Å². The quantitative estimate of drug-likeness (QED) is 0.609. The van der Waals surface area contributed by atoms with Crippen molar-refractivity contribution in [3.63, 3.8) is 0 Å². The zero-order valence-electron chi connectivity index (χ0n) is 7.92. The second kappa shape index (κ2) is 4.29. The molecule has 2 atom stereocenters. The first-order valence-corrected chi connectivity index (χ1v) is 4.64. The van der Waals surface area contributed by atoms with Crippen LogP contribution in [-0.4, -0.2) is 18.0 Å². The number of hydrogen-bond donors (Lipinski definition) is 2. The summed E-state index contributed by atoms with van der Waals surface area (Å²) >= 11 is 0. The van der Waals surface area contributed by atoms with Crippen molar-refractivity contribution < 1.29 is 4.79 Å². The maximum atomic E-state index is 11.3. The van der Waals surface area contributed by atoms with Gasteiger partial charge in [-0.05, 0) is 25.7 Å². The molecule has 1 fully saturated rings. The zero-order valence-corrected chi connectivity index (χ0v) is 7.92. The Labute approximate surface area is 79.1 Å². The minimum Gasteiger partial charge on any atom is -0.343 e. The molecule has 0 radical (unpaired) electrons. The van der Waals surface area contributed by atoms with Gasteiger partial charge in [-0.3, -0.25) is 4.79 Å². The van der Waals surface area contributed by atoms with E-state index >= 15 is 0 Å². The number of carbonyl (C=O) groups excluding carboxylic acids is 1. The normalized spacial score (nSPS) is 20.1. The first-order chi connectivity index (χ1) is 6.13. The van der Waals surface area contributed by atoms with Crippen LogP contribution in [0.5, 0.6) is 0 Å². The molecular formula is C10H16N2O. The number of terminal acetylenes is 1. The molecule has 13 heavy (non-hydrogen) atoms. The molecule has 0 saturated heterocycles. The molecule has 0 aliphatic heterocycles. The van der Waals surface area contributed by atoms with Gasteiger partial charge >= 0.3 is 0 Å². The fourth-order valence-electron chi connectivity index (χ4n) is 1.25. The van der Waals surface area contributed by atoms with Crippen molar-refractivity contribution in [3.05, 3.63) is 0 Å². The minimum absolute atomic E-state index is 0.0185. The smallest absolute Gasteiger partial charge is 0.222 e. The Bertz CT molecular complexity index is 228. The topological polar surface area (TPSA) is 55.1 Å². The largest absolute Gasteiger partial charge is 0.343 e. The van der Waals surface area contributed by atoms with E-state index in [9.17, 15) is 4.79 Å². The summed E-state index contributed by atoms with van der Waals surface area (Å²) < 4.78 is 0. The van der Waals surface area contributed by atoms with Crippen molar-refractivity contribution in [3.8, 4) is 12.3 Å². The van der Waals surface area contributed by atoms with E-state index in [4.69, 9.17) is 12.2 Å². The van der Waals surface area contributed by atoms with Gasteiger partial charge in [-0.25, -0.2) is 0 Å². The van der Waals surface area contributed by atoms with E-state index in [1.54, 1.807) is 6.92 Å². The fraction of sp³-hybridized carbons (Fsp3) is 0.700. The van der Waals surface area contributed by atoms with Crippen LogP contribution in [0.2, 0.25) is 0 Å². The fourth-order valence-corrected chi connectivity index (χ4v) is 1.25. The lowest BCUT2D eigenvalue weighted by Crippen LogP contribution is -2.36. The maximum absolute atomic E-state index is 11.3. The highest BCUT2D eigenvalue weighted by molar-refractivity contribution is 5.77. The summed E-state index contributed by atoms with van der Waals surface area (Å²) in [6, 6.07) is -0.177. The summed E-state index contributed by atoms with van der Waals surface area (Å²) in [5, 5.41) is 2.69. The van der Waals surface area contributed by atoms with E-state index in [2.05, 4.69) is 11.2 Å². The third kappa shape index (κ3) is 3.47. The molecule has 3 heteroatoms. The van der Waals surface area contributed by atoms with Crippen molar-refractivity contribution in [2.45, 2.75) is 38.3 Å². The van der Waals surface area contributed by atoms with Gasteiger partial charge in [-0.15, -0.1) is 6.42 Å². The number of amides is 1. The van der Waals surface area contributed by atoms with E-state index in [0.29, 0.717) is 12.3 Å². The first-order valence-electron chi connectivity index (χ1n) is 4.64. The second-order valence-electron chi connectivity index (χ2n) is 3.66. The van der Waals surface area contributed by atoms with Crippen LogP contribution in [0.15, 0.2) is 0 Å². The maximum Gasteiger partial charge on any atom is 0.222 e. The molecule has 1 saturated carbocycles. The van der Waals surface area contributed by atoms with Gasteiger partial charge in [0.15, 0.2) is 0 Å². The zero-order chi connectivity index (χ0) is 9.84. The van der Waals surface area contributed by atoms with E-state index in [1.165, 1.54) is 12.8 Å². The Kier molecular flexibility index (Phi) is 3.32. The highest BCUT2D eigenvalue weighted by Crippen LogP contribution is 2.32. The second-order valence-corrected chi connectivity index (χ2v) is 3.66. The molecule has 0 heterocycles. The average molecular weight is 180 g/mol. The summed E-state index contributed by atoms with van der Waals surface area (Å²) in [6.07, 6.45) is 7.86. The molecule has 72 valence electrons. The average Bonchev–Trinajstić information content (AvgIpc) is 2.85. The summed E-state index contributed by atoms with van der Waals surface area (Å²) in [4.78, 5) is 11.3. The highest BCUT2D eigenvalue weighted by atomic mass is 16.1. The standard InChI is InChI=1S/C10H16N2O/c1-3-7(2)12-10(13)6-9(11)8-4-5-8/h1,7-9H,4-6,11H2,2H3,(H,12,13). The highest BCUT2D eigenvalue weighted by Gasteiger charge is 2.29. The van der Waals surface area contributed by atoms with Gasteiger partial charge in [-0.1, -0.05) is 5.92 Å². The number of carbonyl (C=O) groups is 1. The molecule has 1 aliphatic rings. The molecule has 0 spiro atoms. The molecule has 1 aliphatic carbocycles. The number of nitrogens with two attached hydrogens (primary N) is 1.